The molecule has 10 aromatic carbocycles. The van der Waals surface area contributed by atoms with Gasteiger partial charge in [-0.25, -0.2) is 0 Å². The zero-order chi connectivity index (χ0) is 41.8. The van der Waals surface area contributed by atoms with Crippen LogP contribution in [0.4, 0.5) is 17.1 Å². The summed E-state index contributed by atoms with van der Waals surface area (Å²) in [7, 11) is 0. The highest BCUT2D eigenvalue weighted by Gasteiger charge is 2.27. The molecule has 2 heteroatoms. The first-order chi connectivity index (χ1) is 30.4. The van der Waals surface area contributed by atoms with Crippen molar-refractivity contribution in [2.75, 3.05) is 4.90 Å². The molecule has 11 aromatic rings. The second-order valence-corrected chi connectivity index (χ2v) is 17.3. The largest absolute Gasteiger partial charge is 0.456 e. The van der Waals surface area contributed by atoms with Crippen LogP contribution in [0.25, 0.3) is 88.0 Å². The molecule has 0 saturated carbocycles. The van der Waals surface area contributed by atoms with Crippen molar-refractivity contribution in [1.82, 2.24) is 0 Å². The molecule has 0 fully saturated rings. The lowest BCUT2D eigenvalue weighted by Gasteiger charge is -2.27. The molecular weight excluding hydrogens is 751 g/mol. The molecule has 0 radical (unpaired) electrons. The average molecular weight is 796 g/mol. The SMILES string of the molecule is CC(C)(C)c1c(-c2cccc(N(c3ccc(-c4ccc(-c5cccc6ccccc56)cc4)cc3)c3ccc(-c4cc5ccccc5c5ccccc45)cc3)c2)oc2ccccc12. The van der Waals surface area contributed by atoms with Crippen molar-refractivity contribution in [3.8, 4) is 44.7 Å². The molecule has 2 nitrogen and oxygen atoms in total. The Bertz CT molecular complexity index is 3420. The predicted molar refractivity (Wildman–Crippen MR) is 264 cm³/mol. The van der Waals surface area contributed by atoms with E-state index in [-0.39, 0.29) is 5.41 Å². The van der Waals surface area contributed by atoms with Crippen molar-refractivity contribution in [3.63, 3.8) is 0 Å². The van der Waals surface area contributed by atoms with E-state index in [9.17, 15) is 0 Å². The van der Waals surface area contributed by atoms with E-state index in [1.54, 1.807) is 0 Å². The van der Waals surface area contributed by atoms with Gasteiger partial charge in [-0.3, -0.25) is 0 Å². The van der Waals surface area contributed by atoms with Gasteiger partial charge >= 0.3 is 0 Å². The monoisotopic (exact) mass is 795 g/mol. The van der Waals surface area contributed by atoms with Gasteiger partial charge in [0.15, 0.2) is 0 Å². The first-order valence-corrected chi connectivity index (χ1v) is 21.5. The summed E-state index contributed by atoms with van der Waals surface area (Å²) in [6.45, 7) is 6.80. The Labute approximate surface area is 363 Å². The van der Waals surface area contributed by atoms with Crippen LogP contribution < -0.4 is 4.90 Å². The van der Waals surface area contributed by atoms with E-state index < -0.39 is 0 Å². The van der Waals surface area contributed by atoms with Crippen LogP contribution in [0.1, 0.15) is 26.3 Å². The van der Waals surface area contributed by atoms with E-state index in [0.29, 0.717) is 0 Å². The highest BCUT2D eigenvalue weighted by Crippen LogP contribution is 2.44. The van der Waals surface area contributed by atoms with Gasteiger partial charge in [0.05, 0.1) is 0 Å². The normalized spacial score (nSPS) is 11.8. The summed E-state index contributed by atoms with van der Waals surface area (Å²) >= 11 is 0. The zero-order valence-corrected chi connectivity index (χ0v) is 35.1. The van der Waals surface area contributed by atoms with Gasteiger partial charge in [-0.05, 0) is 120 Å². The van der Waals surface area contributed by atoms with Crippen LogP contribution in [-0.4, -0.2) is 0 Å². The molecule has 0 saturated heterocycles. The average Bonchev–Trinajstić information content (AvgIpc) is 3.73. The van der Waals surface area contributed by atoms with Crippen LogP contribution in [0.5, 0.6) is 0 Å². The summed E-state index contributed by atoms with van der Waals surface area (Å²) in [4.78, 5) is 2.36. The van der Waals surface area contributed by atoms with E-state index in [0.717, 1.165) is 39.4 Å². The lowest BCUT2D eigenvalue weighted by Crippen LogP contribution is -2.12. The van der Waals surface area contributed by atoms with Gasteiger partial charge in [-0.1, -0.05) is 191 Å². The molecule has 0 N–H and O–H groups in total. The third-order valence-electron chi connectivity index (χ3n) is 12.4. The first kappa shape index (κ1) is 37.3. The maximum Gasteiger partial charge on any atom is 0.139 e. The smallest absolute Gasteiger partial charge is 0.139 e. The van der Waals surface area contributed by atoms with E-state index in [1.165, 1.54) is 71.3 Å². The summed E-state index contributed by atoms with van der Waals surface area (Å²) in [5, 5.41) is 8.73. The number of benzene rings is 10. The van der Waals surface area contributed by atoms with Gasteiger partial charge < -0.3 is 9.32 Å². The molecule has 1 heterocycles. The Morgan fingerprint density at radius 2 is 0.855 bits per heavy atom. The van der Waals surface area contributed by atoms with Crippen LogP contribution >= 0.6 is 0 Å². The standard InChI is InChI=1S/C60H45NO/c1-60(2,3)58-55-23-10-11-25-57(55)62-59(58)46-17-12-18-49(38-46)61(48-36-32-44(33-37-48)56-39-45-15-5-7-20-52(45)53-21-8-9-22-54(53)56)47-34-30-41(31-35-47)40-26-28-43(29-27-40)51-24-13-16-42-14-4-6-19-50(42)51/h4-39H,1-3H3. The summed E-state index contributed by atoms with van der Waals surface area (Å²) in [6, 6.07) is 79.1. The molecule has 0 unspecified atom stereocenters. The van der Waals surface area contributed by atoms with Crippen LogP contribution in [0, 0.1) is 0 Å². The third-order valence-corrected chi connectivity index (χ3v) is 12.4. The lowest BCUT2D eigenvalue weighted by atomic mass is 9.83. The minimum absolute atomic E-state index is 0.122. The van der Waals surface area contributed by atoms with Crippen molar-refractivity contribution in [3.05, 3.63) is 224 Å². The molecule has 0 aliphatic rings. The number of rotatable bonds is 7. The van der Waals surface area contributed by atoms with E-state index >= 15 is 0 Å². The number of hydrogen-bond acceptors (Lipinski definition) is 2. The van der Waals surface area contributed by atoms with Gasteiger partial charge in [-0.2, -0.15) is 0 Å². The van der Waals surface area contributed by atoms with E-state index in [4.69, 9.17) is 4.42 Å². The van der Waals surface area contributed by atoms with Crippen LogP contribution in [0.15, 0.2) is 223 Å². The zero-order valence-electron chi connectivity index (χ0n) is 35.1. The molecule has 62 heavy (non-hydrogen) atoms. The number of nitrogens with zero attached hydrogens (tertiary/aromatic N) is 1. The summed E-state index contributed by atoms with van der Waals surface area (Å²) in [5.74, 6) is 0.918. The minimum atomic E-state index is -0.122. The van der Waals surface area contributed by atoms with Crippen molar-refractivity contribution in [2.45, 2.75) is 26.2 Å². The van der Waals surface area contributed by atoms with Crippen molar-refractivity contribution in [1.29, 1.82) is 0 Å². The Kier molecular flexibility index (Phi) is 9.09. The molecule has 0 aliphatic heterocycles. The highest BCUT2D eigenvalue weighted by molar-refractivity contribution is 6.13. The second kappa shape index (κ2) is 15.1. The highest BCUT2D eigenvalue weighted by atomic mass is 16.3. The lowest BCUT2D eigenvalue weighted by molar-refractivity contribution is 0.568. The topological polar surface area (TPSA) is 16.4 Å². The number of fused-ring (bicyclic) bond motifs is 5. The number of hydrogen-bond donors (Lipinski definition) is 0. The fourth-order valence-corrected chi connectivity index (χ4v) is 9.43. The van der Waals surface area contributed by atoms with Gasteiger partial charge in [0.25, 0.3) is 0 Å². The summed E-state index contributed by atoms with van der Waals surface area (Å²) in [6.07, 6.45) is 0. The predicted octanol–water partition coefficient (Wildman–Crippen LogP) is 17.3. The molecule has 11 rings (SSSR count). The van der Waals surface area contributed by atoms with E-state index in [2.05, 4.69) is 238 Å². The minimum Gasteiger partial charge on any atom is -0.456 e. The first-order valence-electron chi connectivity index (χ1n) is 21.5. The molecule has 0 atom stereocenters. The maximum atomic E-state index is 6.69. The van der Waals surface area contributed by atoms with Gasteiger partial charge in [0.2, 0.25) is 0 Å². The molecule has 0 spiro atoms. The molecule has 0 bridgehead atoms. The fourth-order valence-electron chi connectivity index (χ4n) is 9.43. The van der Waals surface area contributed by atoms with Gasteiger partial charge in [-0.15, -0.1) is 0 Å². The Hall–Kier alpha value is -7.68. The van der Waals surface area contributed by atoms with Crippen LogP contribution in [-0.2, 0) is 5.41 Å². The number of para-hydroxylation sites is 1. The van der Waals surface area contributed by atoms with E-state index in [1.807, 2.05) is 6.07 Å². The van der Waals surface area contributed by atoms with Gasteiger partial charge in [0, 0.05) is 33.6 Å². The Morgan fingerprint density at radius 3 is 1.56 bits per heavy atom. The quantitative estimate of drug-likeness (QED) is 0.149. The number of furan rings is 1. The van der Waals surface area contributed by atoms with Crippen molar-refractivity contribution in [2.24, 2.45) is 0 Å². The number of anilines is 3. The Balaban J connectivity index is 1.00. The van der Waals surface area contributed by atoms with Crippen LogP contribution in [0.3, 0.4) is 0 Å². The molecular formula is C60H45NO. The van der Waals surface area contributed by atoms with Gasteiger partial charge in [0.1, 0.15) is 11.3 Å². The van der Waals surface area contributed by atoms with Crippen molar-refractivity contribution < 1.29 is 4.42 Å². The fraction of sp³-hybridized carbons (Fsp3) is 0.0667. The van der Waals surface area contributed by atoms with Crippen LogP contribution in [0.2, 0.25) is 0 Å². The second-order valence-electron chi connectivity index (χ2n) is 17.3. The Morgan fingerprint density at radius 1 is 0.339 bits per heavy atom. The van der Waals surface area contributed by atoms with Crippen molar-refractivity contribution >= 4 is 60.3 Å². The molecule has 296 valence electrons. The molecule has 1 aromatic heterocycles. The summed E-state index contributed by atoms with van der Waals surface area (Å²) < 4.78 is 6.69. The maximum absolute atomic E-state index is 6.69. The molecule has 0 aliphatic carbocycles. The molecule has 0 amide bonds. The third kappa shape index (κ3) is 6.62. The summed E-state index contributed by atoms with van der Waals surface area (Å²) in [5.41, 5.74) is 13.5.